The number of benzene rings is 2. The highest BCUT2D eigenvalue weighted by molar-refractivity contribution is 6.33. The minimum absolute atomic E-state index is 0.766. The van der Waals surface area contributed by atoms with E-state index in [1.807, 2.05) is 43.3 Å². The molecule has 0 radical (unpaired) electrons. The molecule has 0 saturated heterocycles. The third-order valence-electron chi connectivity index (χ3n) is 2.35. The molecule has 2 aromatic carbocycles. The first-order chi connectivity index (χ1) is 7.16. The summed E-state index contributed by atoms with van der Waals surface area (Å²) in [5.41, 5.74) is 9.70. The van der Waals surface area contributed by atoms with Crippen LogP contribution in [0.4, 0.5) is 5.69 Å². The standard InChI is InChI=1S/C13H12ClN/c1-9-2-7-12(13(14)8-9)10-3-5-11(15)6-4-10/h2-8H,15H2,1H3. The molecule has 0 unspecified atom stereocenters. The van der Waals surface area contributed by atoms with E-state index in [9.17, 15) is 0 Å². The van der Waals surface area contributed by atoms with Crippen molar-refractivity contribution in [1.29, 1.82) is 0 Å². The van der Waals surface area contributed by atoms with Crippen molar-refractivity contribution in [3.63, 3.8) is 0 Å². The highest BCUT2D eigenvalue weighted by atomic mass is 35.5. The predicted octanol–water partition coefficient (Wildman–Crippen LogP) is 3.90. The molecule has 0 aliphatic rings. The zero-order chi connectivity index (χ0) is 10.8. The van der Waals surface area contributed by atoms with E-state index in [0.29, 0.717) is 0 Å². The molecule has 15 heavy (non-hydrogen) atoms. The van der Waals surface area contributed by atoms with E-state index in [1.54, 1.807) is 0 Å². The summed E-state index contributed by atoms with van der Waals surface area (Å²) in [7, 11) is 0. The fourth-order valence-corrected chi connectivity index (χ4v) is 1.86. The van der Waals surface area contributed by atoms with Crippen molar-refractivity contribution in [2.75, 3.05) is 5.73 Å². The van der Waals surface area contributed by atoms with E-state index in [0.717, 1.165) is 21.8 Å². The Bertz CT molecular complexity index is 474. The van der Waals surface area contributed by atoms with E-state index >= 15 is 0 Å². The molecule has 2 N–H and O–H groups in total. The van der Waals surface area contributed by atoms with E-state index in [-0.39, 0.29) is 0 Å². The van der Waals surface area contributed by atoms with Gasteiger partial charge in [0.15, 0.2) is 0 Å². The van der Waals surface area contributed by atoms with Crippen molar-refractivity contribution in [3.8, 4) is 11.1 Å². The number of anilines is 1. The van der Waals surface area contributed by atoms with Crippen LogP contribution in [0.5, 0.6) is 0 Å². The molecule has 0 aromatic heterocycles. The van der Waals surface area contributed by atoms with Crippen molar-refractivity contribution in [3.05, 3.63) is 53.1 Å². The number of halogens is 1. The Morgan fingerprint density at radius 1 is 1.00 bits per heavy atom. The van der Waals surface area contributed by atoms with Crippen LogP contribution in [-0.2, 0) is 0 Å². The molecule has 76 valence electrons. The van der Waals surface area contributed by atoms with Crippen LogP contribution in [0, 0.1) is 6.92 Å². The maximum atomic E-state index is 6.17. The van der Waals surface area contributed by atoms with Gasteiger partial charge in [-0.05, 0) is 36.2 Å². The molecular weight excluding hydrogens is 206 g/mol. The third kappa shape index (κ3) is 2.13. The molecule has 0 atom stereocenters. The smallest absolute Gasteiger partial charge is 0.0487 e. The largest absolute Gasteiger partial charge is 0.399 e. The first kappa shape index (κ1) is 10.1. The first-order valence-electron chi connectivity index (χ1n) is 4.79. The molecule has 2 rings (SSSR count). The normalized spacial score (nSPS) is 10.3. The second-order valence-electron chi connectivity index (χ2n) is 3.61. The molecule has 0 fully saturated rings. The van der Waals surface area contributed by atoms with Gasteiger partial charge in [-0.2, -0.15) is 0 Å². The van der Waals surface area contributed by atoms with Gasteiger partial charge in [0.1, 0.15) is 0 Å². The van der Waals surface area contributed by atoms with Crippen LogP contribution in [0.1, 0.15) is 5.56 Å². The Labute approximate surface area is 94.5 Å². The second-order valence-corrected chi connectivity index (χ2v) is 4.01. The minimum Gasteiger partial charge on any atom is -0.399 e. The number of hydrogen-bond acceptors (Lipinski definition) is 1. The zero-order valence-corrected chi connectivity index (χ0v) is 9.25. The number of nitrogen functional groups attached to an aromatic ring is 1. The Morgan fingerprint density at radius 3 is 2.27 bits per heavy atom. The van der Waals surface area contributed by atoms with Crippen molar-refractivity contribution < 1.29 is 0 Å². The molecule has 2 aromatic rings. The predicted molar refractivity (Wildman–Crippen MR) is 66.0 cm³/mol. The lowest BCUT2D eigenvalue weighted by atomic mass is 10.0. The molecule has 0 aliphatic carbocycles. The molecule has 0 amide bonds. The number of nitrogens with two attached hydrogens (primary N) is 1. The maximum Gasteiger partial charge on any atom is 0.0487 e. The van der Waals surface area contributed by atoms with Gasteiger partial charge in [0.25, 0.3) is 0 Å². The summed E-state index contributed by atoms with van der Waals surface area (Å²) in [5, 5.41) is 0.778. The first-order valence-corrected chi connectivity index (χ1v) is 5.17. The van der Waals surface area contributed by atoms with Gasteiger partial charge < -0.3 is 5.73 Å². The van der Waals surface area contributed by atoms with Gasteiger partial charge in [-0.1, -0.05) is 35.9 Å². The van der Waals surface area contributed by atoms with Crippen molar-refractivity contribution >= 4 is 17.3 Å². The van der Waals surface area contributed by atoms with E-state index in [2.05, 4.69) is 6.07 Å². The summed E-state index contributed by atoms with van der Waals surface area (Å²) < 4.78 is 0. The topological polar surface area (TPSA) is 26.0 Å². The monoisotopic (exact) mass is 217 g/mol. The average molecular weight is 218 g/mol. The van der Waals surface area contributed by atoms with E-state index in [1.165, 1.54) is 5.56 Å². The molecule has 0 heterocycles. The average Bonchev–Trinajstić information content (AvgIpc) is 2.20. The molecule has 0 saturated carbocycles. The fourth-order valence-electron chi connectivity index (χ4n) is 1.52. The lowest BCUT2D eigenvalue weighted by Crippen LogP contribution is -1.85. The van der Waals surface area contributed by atoms with Crippen molar-refractivity contribution in [2.45, 2.75) is 6.92 Å². The molecular formula is C13H12ClN. The van der Waals surface area contributed by atoms with Crippen LogP contribution in [-0.4, -0.2) is 0 Å². The van der Waals surface area contributed by atoms with Crippen LogP contribution < -0.4 is 5.73 Å². The van der Waals surface area contributed by atoms with Gasteiger partial charge in [-0.15, -0.1) is 0 Å². The summed E-state index contributed by atoms with van der Waals surface area (Å²) in [6, 6.07) is 13.8. The number of hydrogen-bond donors (Lipinski definition) is 1. The fraction of sp³-hybridized carbons (Fsp3) is 0.0769. The van der Waals surface area contributed by atoms with Crippen LogP contribution in [0.2, 0.25) is 5.02 Å². The Kier molecular flexibility index (Phi) is 2.65. The molecule has 0 aliphatic heterocycles. The van der Waals surface area contributed by atoms with Crippen LogP contribution >= 0.6 is 11.6 Å². The van der Waals surface area contributed by atoms with Gasteiger partial charge in [-0.25, -0.2) is 0 Å². The highest BCUT2D eigenvalue weighted by Crippen LogP contribution is 2.28. The highest BCUT2D eigenvalue weighted by Gasteiger charge is 2.02. The number of aryl methyl sites for hydroxylation is 1. The van der Waals surface area contributed by atoms with Gasteiger partial charge in [0.05, 0.1) is 0 Å². The molecule has 1 nitrogen and oxygen atoms in total. The lowest BCUT2D eigenvalue weighted by Gasteiger charge is -2.05. The third-order valence-corrected chi connectivity index (χ3v) is 2.66. The van der Waals surface area contributed by atoms with E-state index in [4.69, 9.17) is 17.3 Å². The zero-order valence-electron chi connectivity index (χ0n) is 8.50. The van der Waals surface area contributed by atoms with Crippen molar-refractivity contribution in [1.82, 2.24) is 0 Å². The lowest BCUT2D eigenvalue weighted by molar-refractivity contribution is 1.47. The molecule has 0 bridgehead atoms. The van der Waals surface area contributed by atoms with Gasteiger partial charge in [0.2, 0.25) is 0 Å². The summed E-state index contributed by atoms with van der Waals surface area (Å²) >= 11 is 6.17. The summed E-state index contributed by atoms with van der Waals surface area (Å²) in [4.78, 5) is 0. The Morgan fingerprint density at radius 2 is 1.67 bits per heavy atom. The SMILES string of the molecule is Cc1ccc(-c2ccc(N)cc2)c(Cl)c1. The summed E-state index contributed by atoms with van der Waals surface area (Å²) in [6.07, 6.45) is 0. The molecule has 0 spiro atoms. The second kappa shape index (κ2) is 3.95. The van der Waals surface area contributed by atoms with Crippen LogP contribution in [0.15, 0.2) is 42.5 Å². The van der Waals surface area contributed by atoms with Gasteiger partial charge in [0, 0.05) is 16.3 Å². The summed E-state index contributed by atoms with van der Waals surface area (Å²) in [5.74, 6) is 0. The Balaban J connectivity index is 2.49. The maximum absolute atomic E-state index is 6.17. The minimum atomic E-state index is 0.766. The number of rotatable bonds is 1. The quantitative estimate of drug-likeness (QED) is 0.721. The van der Waals surface area contributed by atoms with Gasteiger partial charge >= 0.3 is 0 Å². The Hall–Kier alpha value is -1.47. The van der Waals surface area contributed by atoms with E-state index < -0.39 is 0 Å². The van der Waals surface area contributed by atoms with Crippen molar-refractivity contribution in [2.24, 2.45) is 0 Å². The van der Waals surface area contributed by atoms with Gasteiger partial charge in [-0.3, -0.25) is 0 Å². The molecule has 2 heteroatoms. The summed E-state index contributed by atoms with van der Waals surface area (Å²) in [6.45, 7) is 2.03. The van der Waals surface area contributed by atoms with Crippen LogP contribution in [0.25, 0.3) is 11.1 Å². The van der Waals surface area contributed by atoms with Crippen LogP contribution in [0.3, 0.4) is 0 Å².